The van der Waals surface area contributed by atoms with Gasteiger partial charge in [0.15, 0.2) is 0 Å². The topological polar surface area (TPSA) is 14.8 Å². The molecule has 3 heterocycles. The number of aryl methyl sites for hydroxylation is 2. The molecule has 0 aliphatic heterocycles. The fourth-order valence-corrected chi connectivity index (χ4v) is 9.89. The highest BCUT2D eigenvalue weighted by atomic mass is 15.0. The lowest BCUT2D eigenvalue weighted by atomic mass is 9.95. The van der Waals surface area contributed by atoms with Gasteiger partial charge in [-0.1, -0.05) is 115 Å². The highest BCUT2D eigenvalue weighted by Crippen LogP contribution is 2.40. The van der Waals surface area contributed by atoms with Crippen LogP contribution in [0.5, 0.6) is 0 Å². The Morgan fingerprint density at radius 3 is 1.10 bits per heavy atom. The van der Waals surface area contributed by atoms with Crippen LogP contribution in [0.25, 0.3) is 105 Å². The van der Waals surface area contributed by atoms with E-state index in [2.05, 4.69) is 228 Å². The van der Waals surface area contributed by atoms with E-state index in [0.29, 0.717) is 0 Å². The number of hydrogen-bond donors (Lipinski definition) is 0. The van der Waals surface area contributed by atoms with Crippen molar-refractivity contribution in [2.75, 3.05) is 0 Å². The molecule has 12 aromatic rings. The zero-order chi connectivity index (χ0) is 39.2. The highest BCUT2D eigenvalue weighted by molar-refractivity contribution is 6.13. The lowest BCUT2D eigenvalue weighted by Gasteiger charge is -2.13. The number of para-hydroxylation sites is 4. The zero-order valence-corrected chi connectivity index (χ0v) is 32.9. The van der Waals surface area contributed by atoms with Crippen LogP contribution in [0.15, 0.2) is 200 Å². The van der Waals surface area contributed by atoms with E-state index in [9.17, 15) is 0 Å². The Labute approximate surface area is 342 Å². The lowest BCUT2D eigenvalue weighted by molar-refractivity contribution is 1.13. The number of rotatable bonds is 5. The summed E-state index contributed by atoms with van der Waals surface area (Å²) in [5, 5.41) is 7.52. The minimum Gasteiger partial charge on any atom is -0.309 e. The molecular formula is C56H39N3. The Morgan fingerprint density at radius 1 is 0.254 bits per heavy atom. The highest BCUT2D eigenvalue weighted by Gasteiger charge is 2.18. The average molecular weight is 754 g/mol. The molecule has 0 fully saturated rings. The first-order valence-corrected chi connectivity index (χ1v) is 20.4. The quantitative estimate of drug-likeness (QED) is 0.166. The third-order valence-corrected chi connectivity index (χ3v) is 12.5. The van der Waals surface area contributed by atoms with E-state index in [0.717, 1.165) is 11.4 Å². The predicted molar refractivity (Wildman–Crippen MR) is 250 cm³/mol. The van der Waals surface area contributed by atoms with Crippen LogP contribution in [0.2, 0.25) is 0 Å². The first kappa shape index (κ1) is 33.5. The molecule has 3 aromatic heterocycles. The van der Waals surface area contributed by atoms with E-state index in [1.165, 1.54) is 104 Å². The molecule has 3 nitrogen and oxygen atoms in total. The Morgan fingerprint density at radius 2 is 0.610 bits per heavy atom. The summed E-state index contributed by atoms with van der Waals surface area (Å²) < 4.78 is 7.24. The molecule has 0 saturated heterocycles. The van der Waals surface area contributed by atoms with Crippen molar-refractivity contribution in [3.05, 3.63) is 211 Å². The standard InChI is InChI=1S/C56H39N3/c1-36-14-12-15-37(2)56(36)40-28-31-55-49(34-40)46-22-8-11-25-52(46)59(55)43-19-13-18-42(35-43)58-51-24-10-7-21-45(51)48-33-39(27-30-54(48)58)38-26-29-53-47(32-38)44-20-6-9-23-50(44)57(53)41-16-4-3-5-17-41/h3-35H,1-2H3. The Hall–Kier alpha value is -7.62. The van der Waals surface area contributed by atoms with Gasteiger partial charge in [-0.15, -0.1) is 0 Å². The molecule has 0 unspecified atom stereocenters. The Balaban J connectivity index is 1.01. The van der Waals surface area contributed by atoms with E-state index >= 15 is 0 Å². The van der Waals surface area contributed by atoms with Crippen molar-refractivity contribution < 1.29 is 0 Å². The van der Waals surface area contributed by atoms with Crippen LogP contribution in [0.1, 0.15) is 11.1 Å². The van der Waals surface area contributed by atoms with Gasteiger partial charge in [0.05, 0.1) is 33.1 Å². The molecule has 0 aliphatic carbocycles. The second-order valence-electron chi connectivity index (χ2n) is 15.9. The SMILES string of the molecule is Cc1cccc(C)c1-c1ccc2c(c1)c1ccccc1n2-c1cccc(-n2c3ccccc3c3cc(-c4ccc5c(c4)c4ccccc4n5-c4ccccc4)ccc32)c1. The van der Waals surface area contributed by atoms with Crippen LogP contribution in [0.3, 0.4) is 0 Å². The minimum atomic E-state index is 1.13. The van der Waals surface area contributed by atoms with Crippen molar-refractivity contribution in [1.29, 1.82) is 0 Å². The Kier molecular flexibility index (Phi) is 7.36. The van der Waals surface area contributed by atoms with Crippen molar-refractivity contribution >= 4 is 65.4 Å². The lowest BCUT2D eigenvalue weighted by Crippen LogP contribution is -1.98. The summed E-state index contributed by atoms with van der Waals surface area (Å²) in [6.07, 6.45) is 0. The molecule has 0 spiro atoms. The maximum Gasteiger partial charge on any atom is 0.0541 e. The molecule has 0 radical (unpaired) electrons. The van der Waals surface area contributed by atoms with Crippen molar-refractivity contribution in [3.8, 4) is 39.3 Å². The smallest absolute Gasteiger partial charge is 0.0541 e. The Bertz CT molecular complexity index is 3610. The monoisotopic (exact) mass is 753 g/mol. The summed E-state index contributed by atoms with van der Waals surface area (Å²) in [4.78, 5) is 0. The van der Waals surface area contributed by atoms with Gasteiger partial charge in [-0.05, 0) is 132 Å². The van der Waals surface area contributed by atoms with Gasteiger partial charge in [0, 0.05) is 49.4 Å². The predicted octanol–water partition coefficient (Wildman–Crippen LogP) is 14.9. The van der Waals surface area contributed by atoms with Gasteiger partial charge in [-0.3, -0.25) is 0 Å². The molecule has 0 amide bonds. The van der Waals surface area contributed by atoms with Crippen molar-refractivity contribution in [2.45, 2.75) is 13.8 Å². The van der Waals surface area contributed by atoms with Crippen LogP contribution in [-0.4, -0.2) is 13.7 Å². The summed E-state index contributed by atoms with van der Waals surface area (Å²) in [5.41, 5.74) is 18.2. The molecule has 59 heavy (non-hydrogen) atoms. The first-order chi connectivity index (χ1) is 29.1. The molecule has 0 atom stereocenters. The van der Waals surface area contributed by atoms with Gasteiger partial charge >= 0.3 is 0 Å². The van der Waals surface area contributed by atoms with Crippen LogP contribution >= 0.6 is 0 Å². The van der Waals surface area contributed by atoms with Crippen molar-refractivity contribution in [1.82, 2.24) is 13.7 Å². The van der Waals surface area contributed by atoms with E-state index in [4.69, 9.17) is 0 Å². The van der Waals surface area contributed by atoms with Gasteiger partial charge in [0.25, 0.3) is 0 Å². The number of aromatic nitrogens is 3. The molecular weight excluding hydrogens is 715 g/mol. The minimum absolute atomic E-state index is 1.13. The molecule has 3 heteroatoms. The summed E-state index contributed by atoms with van der Waals surface area (Å²) in [6, 6.07) is 73.6. The molecule has 0 aliphatic rings. The van der Waals surface area contributed by atoms with E-state index in [1.54, 1.807) is 0 Å². The van der Waals surface area contributed by atoms with E-state index in [1.807, 2.05) is 0 Å². The molecule has 12 rings (SSSR count). The second kappa shape index (κ2) is 13.0. The van der Waals surface area contributed by atoms with Crippen molar-refractivity contribution in [2.24, 2.45) is 0 Å². The maximum absolute atomic E-state index is 2.43. The van der Waals surface area contributed by atoms with Crippen molar-refractivity contribution in [3.63, 3.8) is 0 Å². The zero-order valence-electron chi connectivity index (χ0n) is 32.9. The summed E-state index contributed by atoms with van der Waals surface area (Å²) >= 11 is 0. The normalized spacial score (nSPS) is 11.9. The molecule has 0 saturated carbocycles. The largest absolute Gasteiger partial charge is 0.309 e. The fourth-order valence-electron chi connectivity index (χ4n) is 9.89. The average Bonchev–Trinajstić information content (AvgIpc) is 3.92. The number of fused-ring (bicyclic) bond motifs is 9. The van der Waals surface area contributed by atoms with Crippen LogP contribution in [0.4, 0.5) is 0 Å². The molecule has 9 aromatic carbocycles. The van der Waals surface area contributed by atoms with E-state index < -0.39 is 0 Å². The van der Waals surface area contributed by atoms with Gasteiger partial charge in [-0.25, -0.2) is 0 Å². The number of nitrogens with zero attached hydrogens (tertiary/aromatic N) is 3. The van der Waals surface area contributed by atoms with Crippen LogP contribution < -0.4 is 0 Å². The maximum atomic E-state index is 2.43. The molecule has 278 valence electrons. The fraction of sp³-hybridized carbons (Fsp3) is 0.0357. The van der Waals surface area contributed by atoms with Gasteiger partial charge in [0.1, 0.15) is 0 Å². The third kappa shape index (κ3) is 5.08. The summed E-state index contributed by atoms with van der Waals surface area (Å²) in [5.74, 6) is 0. The van der Waals surface area contributed by atoms with Gasteiger partial charge in [-0.2, -0.15) is 0 Å². The summed E-state index contributed by atoms with van der Waals surface area (Å²) in [7, 11) is 0. The van der Waals surface area contributed by atoms with Crippen LogP contribution in [0, 0.1) is 13.8 Å². The third-order valence-electron chi connectivity index (χ3n) is 12.5. The number of hydrogen-bond acceptors (Lipinski definition) is 0. The van der Waals surface area contributed by atoms with E-state index in [-0.39, 0.29) is 0 Å². The molecule has 0 bridgehead atoms. The van der Waals surface area contributed by atoms with Gasteiger partial charge in [0.2, 0.25) is 0 Å². The summed E-state index contributed by atoms with van der Waals surface area (Å²) in [6.45, 7) is 4.42. The second-order valence-corrected chi connectivity index (χ2v) is 15.9. The first-order valence-electron chi connectivity index (χ1n) is 20.4. The molecule has 0 N–H and O–H groups in total. The number of benzene rings is 9. The van der Waals surface area contributed by atoms with Gasteiger partial charge < -0.3 is 13.7 Å². The van der Waals surface area contributed by atoms with Crippen LogP contribution in [-0.2, 0) is 0 Å².